The minimum atomic E-state index is -0.135. The molecule has 0 radical (unpaired) electrons. The monoisotopic (exact) mass is 182 g/mol. The number of hydrogen-bond acceptors (Lipinski definition) is 2. The molecule has 3 nitrogen and oxygen atoms in total. The van der Waals surface area contributed by atoms with Gasteiger partial charge < -0.3 is 5.32 Å². The summed E-state index contributed by atoms with van der Waals surface area (Å²) in [5, 5.41) is 2.53. The van der Waals surface area contributed by atoms with Crippen molar-refractivity contribution in [1.82, 2.24) is 5.32 Å². The number of carbonyl (C=O) groups is 1. The van der Waals surface area contributed by atoms with Crippen LogP contribution in [0.5, 0.6) is 0 Å². The molecule has 0 rings (SSSR count). The third kappa shape index (κ3) is 10.6. The van der Waals surface area contributed by atoms with Gasteiger partial charge in [-0.2, -0.15) is 0 Å². The molecule has 74 valence electrons. The minimum absolute atomic E-state index is 0.135. The normalized spacial score (nSPS) is 10.3. The Morgan fingerprint density at radius 2 is 2.00 bits per heavy atom. The van der Waals surface area contributed by atoms with Gasteiger partial charge in [0, 0.05) is 13.1 Å². The fourth-order valence-corrected chi connectivity index (χ4v) is 0.548. The summed E-state index contributed by atoms with van der Waals surface area (Å²) in [6.07, 6.45) is 4.80. The number of rotatable bonds is 3. The maximum atomic E-state index is 10.5. The van der Waals surface area contributed by atoms with Crippen molar-refractivity contribution >= 4 is 12.1 Å². The van der Waals surface area contributed by atoms with Gasteiger partial charge in [-0.05, 0) is 13.0 Å². The van der Waals surface area contributed by atoms with Crippen molar-refractivity contribution in [2.24, 2.45) is 4.99 Å². The first kappa shape index (κ1) is 14.2. The molecule has 0 aliphatic rings. The summed E-state index contributed by atoms with van der Waals surface area (Å²) in [7, 11) is 0. The van der Waals surface area contributed by atoms with Crippen LogP contribution in [0.1, 0.15) is 27.7 Å². The summed E-state index contributed by atoms with van der Waals surface area (Å²) in [5.41, 5.74) is 0. The largest absolute Gasteiger partial charge is 0.311 e. The van der Waals surface area contributed by atoms with Gasteiger partial charge in [-0.25, -0.2) is 4.99 Å². The van der Waals surface area contributed by atoms with Crippen LogP contribution in [0.25, 0.3) is 0 Å². The molecule has 0 aliphatic heterocycles. The molecule has 0 bridgehead atoms. The van der Waals surface area contributed by atoms with Crippen molar-refractivity contribution in [2.45, 2.75) is 27.7 Å². The number of hydrogen-bond donors (Lipinski definition) is 1. The van der Waals surface area contributed by atoms with Gasteiger partial charge in [0.25, 0.3) is 0 Å². The van der Waals surface area contributed by atoms with Crippen molar-refractivity contribution in [3.05, 3.63) is 24.6 Å². The van der Waals surface area contributed by atoms with E-state index in [9.17, 15) is 4.79 Å². The van der Waals surface area contributed by atoms with Gasteiger partial charge in [0.15, 0.2) is 0 Å². The van der Waals surface area contributed by atoms with E-state index in [1.807, 2.05) is 13.8 Å². The Morgan fingerprint density at radius 1 is 1.46 bits per heavy atom. The van der Waals surface area contributed by atoms with Gasteiger partial charge in [-0.3, -0.25) is 4.79 Å². The van der Waals surface area contributed by atoms with E-state index in [0.29, 0.717) is 5.82 Å². The molecule has 0 aromatic rings. The predicted octanol–water partition coefficient (Wildman–Crippen LogP) is 2.27. The summed E-state index contributed by atoms with van der Waals surface area (Å²) in [4.78, 5) is 14.4. The molecule has 13 heavy (non-hydrogen) atoms. The quantitative estimate of drug-likeness (QED) is 0.528. The van der Waals surface area contributed by atoms with Crippen LogP contribution in [-0.4, -0.2) is 12.1 Å². The van der Waals surface area contributed by atoms with Crippen LogP contribution in [0.2, 0.25) is 0 Å². The number of allylic oxidation sites excluding steroid dienone is 2. The average molecular weight is 182 g/mol. The number of carbonyl (C=O) groups excluding carboxylic acids is 1. The molecule has 0 heterocycles. The molecule has 0 saturated heterocycles. The number of amides is 1. The number of aliphatic imine (C=N–C) groups is 1. The molecule has 0 fully saturated rings. The molecule has 0 saturated carbocycles. The minimum Gasteiger partial charge on any atom is -0.311 e. The van der Waals surface area contributed by atoms with E-state index in [0.717, 1.165) is 0 Å². The zero-order valence-electron chi connectivity index (χ0n) is 8.79. The lowest BCUT2D eigenvalue weighted by Crippen LogP contribution is -2.17. The topological polar surface area (TPSA) is 41.5 Å². The van der Waals surface area contributed by atoms with E-state index in [4.69, 9.17) is 0 Å². The predicted molar refractivity (Wildman–Crippen MR) is 57.6 cm³/mol. The molecule has 1 amide bonds. The van der Waals surface area contributed by atoms with E-state index in [2.05, 4.69) is 16.9 Å². The first-order valence-electron chi connectivity index (χ1n) is 4.29. The van der Waals surface area contributed by atoms with Gasteiger partial charge in [0.1, 0.15) is 5.82 Å². The molecular weight excluding hydrogens is 164 g/mol. The lowest BCUT2D eigenvalue weighted by Gasteiger charge is -1.98. The van der Waals surface area contributed by atoms with Crippen LogP contribution in [0, 0.1) is 0 Å². The van der Waals surface area contributed by atoms with Crippen molar-refractivity contribution in [2.75, 3.05) is 0 Å². The van der Waals surface area contributed by atoms with Crippen molar-refractivity contribution in [3.8, 4) is 0 Å². The highest BCUT2D eigenvalue weighted by Gasteiger charge is 1.92. The Hall–Kier alpha value is -1.38. The van der Waals surface area contributed by atoms with E-state index in [1.165, 1.54) is 6.92 Å². The summed E-state index contributed by atoms with van der Waals surface area (Å²) in [5.74, 6) is 0.374. The molecule has 0 aromatic carbocycles. The smallest absolute Gasteiger partial charge is 0.222 e. The second-order valence-electron chi connectivity index (χ2n) is 1.86. The Labute approximate surface area is 80.3 Å². The third-order valence-electron chi connectivity index (χ3n) is 0.848. The Bertz CT molecular complexity index is 205. The zero-order chi connectivity index (χ0) is 10.7. The summed E-state index contributed by atoms with van der Waals surface area (Å²) in [6.45, 7) is 10.7. The molecule has 0 aromatic heterocycles. The highest BCUT2D eigenvalue weighted by atomic mass is 16.1. The second-order valence-corrected chi connectivity index (χ2v) is 1.86. The van der Waals surface area contributed by atoms with Gasteiger partial charge >= 0.3 is 0 Å². The van der Waals surface area contributed by atoms with E-state index in [-0.39, 0.29) is 5.91 Å². The average Bonchev–Trinajstić information content (AvgIpc) is 2.08. The lowest BCUT2D eigenvalue weighted by molar-refractivity contribution is -0.118. The number of nitrogens with zero attached hydrogens (tertiary/aromatic N) is 1. The first-order chi connectivity index (χ1) is 6.20. The third-order valence-corrected chi connectivity index (χ3v) is 0.848. The van der Waals surface area contributed by atoms with Crippen molar-refractivity contribution < 1.29 is 4.79 Å². The summed E-state index contributed by atoms with van der Waals surface area (Å²) in [6, 6.07) is 0. The van der Waals surface area contributed by atoms with Crippen LogP contribution in [-0.2, 0) is 4.79 Å². The van der Waals surface area contributed by atoms with E-state index in [1.54, 1.807) is 25.3 Å². The summed E-state index contributed by atoms with van der Waals surface area (Å²) < 4.78 is 0. The molecular formula is C10H18N2O. The van der Waals surface area contributed by atoms with Crippen LogP contribution in [0.15, 0.2) is 29.5 Å². The fraction of sp³-hybridized carbons (Fsp3) is 0.400. The van der Waals surface area contributed by atoms with E-state index < -0.39 is 0 Å². The molecule has 0 unspecified atom stereocenters. The van der Waals surface area contributed by atoms with Crippen LogP contribution >= 0.6 is 0 Å². The SMILES string of the molecule is C=C/C=C(\N=C/C)NC(C)=O.CC. The lowest BCUT2D eigenvalue weighted by atomic mass is 10.5. The van der Waals surface area contributed by atoms with Gasteiger partial charge in [-0.1, -0.05) is 26.5 Å². The Morgan fingerprint density at radius 3 is 2.31 bits per heavy atom. The Kier molecular flexibility index (Phi) is 11.6. The van der Waals surface area contributed by atoms with Gasteiger partial charge in [0.05, 0.1) is 0 Å². The van der Waals surface area contributed by atoms with Crippen molar-refractivity contribution in [3.63, 3.8) is 0 Å². The second kappa shape index (κ2) is 10.6. The maximum Gasteiger partial charge on any atom is 0.222 e. The van der Waals surface area contributed by atoms with Crippen LogP contribution in [0.4, 0.5) is 0 Å². The molecule has 0 spiro atoms. The fourth-order valence-electron chi connectivity index (χ4n) is 0.548. The number of nitrogens with one attached hydrogen (secondary N) is 1. The maximum absolute atomic E-state index is 10.5. The zero-order valence-corrected chi connectivity index (χ0v) is 8.79. The van der Waals surface area contributed by atoms with Crippen LogP contribution in [0.3, 0.4) is 0 Å². The molecule has 1 N–H and O–H groups in total. The molecule has 0 atom stereocenters. The summed E-state index contributed by atoms with van der Waals surface area (Å²) >= 11 is 0. The Balaban J connectivity index is 0. The first-order valence-corrected chi connectivity index (χ1v) is 4.29. The van der Waals surface area contributed by atoms with Gasteiger partial charge in [-0.15, -0.1) is 0 Å². The molecule has 0 aliphatic carbocycles. The van der Waals surface area contributed by atoms with Gasteiger partial charge in [0.2, 0.25) is 5.91 Å². The highest BCUT2D eigenvalue weighted by Crippen LogP contribution is 1.90. The molecule has 3 heteroatoms. The standard InChI is InChI=1S/C8H12N2O.C2H6/c1-4-6-8(9-5-2)10-7(3)11;1-2/h4-6H,1H2,2-3H3,(H,10,11);1-2H3/b8-6+,9-5-;. The van der Waals surface area contributed by atoms with E-state index >= 15 is 0 Å². The van der Waals surface area contributed by atoms with Crippen molar-refractivity contribution in [1.29, 1.82) is 0 Å². The highest BCUT2D eigenvalue weighted by molar-refractivity contribution is 5.75. The van der Waals surface area contributed by atoms with Crippen LogP contribution < -0.4 is 5.32 Å².